The van der Waals surface area contributed by atoms with E-state index in [9.17, 15) is 9.59 Å². The Morgan fingerprint density at radius 3 is 2.17 bits per heavy atom. The molecule has 0 saturated carbocycles. The Kier molecular flexibility index (Phi) is 6.30. The van der Waals surface area contributed by atoms with Crippen molar-refractivity contribution in [3.05, 3.63) is 64.1 Å². The molecule has 1 N–H and O–H groups in total. The van der Waals surface area contributed by atoms with E-state index in [1.807, 2.05) is 32.9 Å². The van der Waals surface area contributed by atoms with Crippen molar-refractivity contribution in [2.75, 3.05) is 18.4 Å². The summed E-state index contributed by atoms with van der Waals surface area (Å²) in [4.78, 5) is 25.5. The van der Waals surface area contributed by atoms with Gasteiger partial charge in [-0.2, -0.15) is 5.10 Å². The smallest absolute Gasteiger partial charge is 0.245 e. The molecule has 0 fully saturated rings. The van der Waals surface area contributed by atoms with Gasteiger partial charge in [0.2, 0.25) is 5.91 Å². The number of nitrogens with zero attached hydrogens (tertiary/aromatic N) is 2. The van der Waals surface area contributed by atoms with Gasteiger partial charge in [-0.1, -0.05) is 49.2 Å². The normalized spacial score (nSPS) is 18.7. The number of hydrogen-bond acceptors (Lipinski definition) is 4. The van der Waals surface area contributed by atoms with Gasteiger partial charge >= 0.3 is 0 Å². The van der Waals surface area contributed by atoms with Crippen LogP contribution in [0.1, 0.15) is 26.3 Å². The highest BCUT2D eigenvalue weighted by Crippen LogP contribution is 2.34. The molecule has 0 aromatic heterocycles. The molecule has 1 amide bonds. The quantitative estimate of drug-likeness (QED) is 0.708. The Morgan fingerprint density at radius 2 is 1.62 bits per heavy atom. The van der Waals surface area contributed by atoms with Crippen LogP contribution in [0.4, 0.5) is 5.69 Å². The Hall–Kier alpha value is -2.37. The highest BCUT2D eigenvalue weighted by molar-refractivity contribution is 6.31. The van der Waals surface area contributed by atoms with Gasteiger partial charge in [0.15, 0.2) is 0 Å². The summed E-state index contributed by atoms with van der Waals surface area (Å²) in [5.74, 6) is -0.278. The fourth-order valence-electron chi connectivity index (χ4n) is 3.53. The van der Waals surface area contributed by atoms with Crippen molar-refractivity contribution >= 4 is 46.3 Å². The zero-order valence-corrected chi connectivity index (χ0v) is 18.1. The lowest BCUT2D eigenvalue weighted by Crippen LogP contribution is -2.42. The summed E-state index contributed by atoms with van der Waals surface area (Å²) < 4.78 is 0. The molecule has 0 spiro atoms. The molecular formula is C22H23Cl2N3O2. The van der Waals surface area contributed by atoms with Crippen molar-refractivity contribution in [2.45, 2.75) is 20.8 Å². The molecule has 152 valence electrons. The highest BCUT2D eigenvalue weighted by Gasteiger charge is 2.46. The number of hydrogen-bond donors (Lipinski definition) is 1. The van der Waals surface area contributed by atoms with Crippen LogP contribution in [0.2, 0.25) is 10.0 Å². The average molecular weight is 432 g/mol. The van der Waals surface area contributed by atoms with E-state index in [2.05, 4.69) is 10.4 Å². The van der Waals surface area contributed by atoms with Crippen molar-refractivity contribution in [1.29, 1.82) is 0 Å². The number of amides is 1. The van der Waals surface area contributed by atoms with Crippen LogP contribution in [-0.4, -0.2) is 35.5 Å². The molecule has 3 rings (SSSR count). The fourth-order valence-corrected chi connectivity index (χ4v) is 3.79. The molecule has 2 aromatic rings. The van der Waals surface area contributed by atoms with E-state index in [4.69, 9.17) is 23.2 Å². The number of anilines is 1. The van der Waals surface area contributed by atoms with Gasteiger partial charge in [0.1, 0.15) is 12.3 Å². The van der Waals surface area contributed by atoms with E-state index < -0.39 is 5.41 Å². The number of hydrazone groups is 1. The number of carbonyl (C=O) groups excluding carboxylic acids is 2. The molecule has 29 heavy (non-hydrogen) atoms. The van der Waals surface area contributed by atoms with E-state index in [1.165, 1.54) is 0 Å². The molecule has 1 atom stereocenters. The zero-order valence-electron chi connectivity index (χ0n) is 16.6. The molecule has 2 aromatic carbocycles. The maximum atomic E-state index is 13.0. The van der Waals surface area contributed by atoms with Crippen LogP contribution in [0.5, 0.6) is 0 Å². The molecule has 7 heteroatoms. The van der Waals surface area contributed by atoms with Crippen molar-refractivity contribution in [1.82, 2.24) is 5.01 Å². The standard InChI is InChI=1S/C22H23Cl2N3O2/c1-14(2)21(29)22(3)13-27(26-20(22)15-4-6-16(23)7-5-15)12-19(28)25-18-10-8-17(24)9-11-18/h4-11,14H,12-13H2,1-3H3,(H,25,28). The summed E-state index contributed by atoms with van der Waals surface area (Å²) in [5.41, 5.74) is 1.34. The van der Waals surface area contributed by atoms with E-state index in [1.54, 1.807) is 41.4 Å². The SMILES string of the molecule is CC(C)C(=O)C1(C)CN(CC(=O)Nc2ccc(Cl)cc2)N=C1c1ccc(Cl)cc1. The van der Waals surface area contributed by atoms with E-state index >= 15 is 0 Å². The topological polar surface area (TPSA) is 61.8 Å². The summed E-state index contributed by atoms with van der Waals surface area (Å²) in [6.45, 7) is 6.03. The van der Waals surface area contributed by atoms with Gasteiger partial charge in [-0.15, -0.1) is 0 Å². The van der Waals surface area contributed by atoms with Crippen LogP contribution in [-0.2, 0) is 9.59 Å². The molecule has 1 aliphatic heterocycles. The third-order valence-electron chi connectivity index (χ3n) is 4.90. The van der Waals surface area contributed by atoms with Gasteiger partial charge in [0.25, 0.3) is 0 Å². The first-order valence-electron chi connectivity index (χ1n) is 9.39. The molecule has 0 aliphatic carbocycles. The minimum atomic E-state index is -0.803. The molecule has 1 heterocycles. The van der Waals surface area contributed by atoms with Crippen LogP contribution >= 0.6 is 23.2 Å². The summed E-state index contributed by atoms with van der Waals surface area (Å²) in [6, 6.07) is 14.1. The predicted octanol–water partition coefficient (Wildman–Crippen LogP) is 4.88. The highest BCUT2D eigenvalue weighted by atomic mass is 35.5. The lowest BCUT2D eigenvalue weighted by Gasteiger charge is -2.27. The van der Waals surface area contributed by atoms with Crippen LogP contribution in [0.3, 0.4) is 0 Å². The molecule has 1 unspecified atom stereocenters. The number of benzene rings is 2. The minimum Gasteiger partial charge on any atom is -0.324 e. The van der Waals surface area contributed by atoms with Crippen molar-refractivity contribution in [2.24, 2.45) is 16.4 Å². The molecule has 1 aliphatic rings. The summed E-state index contributed by atoms with van der Waals surface area (Å²) in [5, 5.41) is 10.3. The predicted molar refractivity (Wildman–Crippen MR) is 118 cm³/mol. The van der Waals surface area contributed by atoms with Crippen molar-refractivity contribution in [3.8, 4) is 0 Å². The van der Waals surface area contributed by atoms with Gasteiger partial charge in [-0.05, 0) is 48.9 Å². The van der Waals surface area contributed by atoms with Gasteiger partial charge in [-0.3, -0.25) is 14.6 Å². The molecule has 0 saturated heterocycles. The number of halogens is 2. The third kappa shape index (κ3) is 4.80. The third-order valence-corrected chi connectivity index (χ3v) is 5.41. The largest absolute Gasteiger partial charge is 0.324 e. The monoisotopic (exact) mass is 431 g/mol. The molecule has 5 nitrogen and oxygen atoms in total. The Labute approximate surface area is 180 Å². The minimum absolute atomic E-state index is 0.0423. The first-order chi connectivity index (χ1) is 13.7. The summed E-state index contributed by atoms with van der Waals surface area (Å²) >= 11 is 11.9. The van der Waals surface area contributed by atoms with Crippen LogP contribution in [0.25, 0.3) is 0 Å². The van der Waals surface area contributed by atoms with E-state index in [0.717, 1.165) is 5.56 Å². The van der Waals surface area contributed by atoms with E-state index in [0.29, 0.717) is 28.0 Å². The molecule has 0 radical (unpaired) electrons. The van der Waals surface area contributed by atoms with Crippen LogP contribution in [0.15, 0.2) is 53.6 Å². The van der Waals surface area contributed by atoms with E-state index in [-0.39, 0.29) is 24.2 Å². The number of carbonyl (C=O) groups is 2. The average Bonchev–Trinajstić information content (AvgIpc) is 3.00. The second kappa shape index (κ2) is 8.56. The number of nitrogens with one attached hydrogen (secondary N) is 1. The molecule has 0 bridgehead atoms. The van der Waals surface area contributed by atoms with Gasteiger partial charge in [0.05, 0.1) is 17.7 Å². The van der Waals surface area contributed by atoms with Gasteiger partial charge in [-0.25, -0.2) is 0 Å². The number of rotatable bonds is 6. The summed E-state index contributed by atoms with van der Waals surface area (Å²) in [6.07, 6.45) is 0. The van der Waals surface area contributed by atoms with Crippen LogP contribution < -0.4 is 5.32 Å². The number of ketones is 1. The Morgan fingerprint density at radius 1 is 1.07 bits per heavy atom. The maximum absolute atomic E-state index is 13.0. The van der Waals surface area contributed by atoms with Gasteiger partial charge in [0, 0.05) is 21.7 Å². The second-order valence-corrected chi connectivity index (χ2v) is 8.56. The van der Waals surface area contributed by atoms with Crippen molar-refractivity contribution < 1.29 is 9.59 Å². The fraction of sp³-hybridized carbons (Fsp3) is 0.318. The van der Waals surface area contributed by atoms with Crippen LogP contribution in [0, 0.1) is 11.3 Å². The lowest BCUT2D eigenvalue weighted by molar-refractivity contribution is -0.128. The van der Waals surface area contributed by atoms with Crippen molar-refractivity contribution in [3.63, 3.8) is 0 Å². The lowest BCUT2D eigenvalue weighted by atomic mass is 9.75. The molecular weight excluding hydrogens is 409 g/mol. The summed E-state index contributed by atoms with van der Waals surface area (Å²) in [7, 11) is 0. The second-order valence-electron chi connectivity index (χ2n) is 7.68. The first-order valence-corrected chi connectivity index (χ1v) is 10.1. The maximum Gasteiger partial charge on any atom is 0.245 e. The zero-order chi connectivity index (χ0) is 21.2. The Balaban J connectivity index is 1.82. The first kappa shape index (κ1) is 21.3. The van der Waals surface area contributed by atoms with Gasteiger partial charge < -0.3 is 5.32 Å². The Bertz CT molecular complexity index is 940. The number of Topliss-reactive ketones (excluding diaryl/α,β-unsaturated/α-hetero) is 1.